The third-order valence-corrected chi connectivity index (χ3v) is 5.61. The lowest BCUT2D eigenvalue weighted by molar-refractivity contribution is -0.117. The number of aryl methyl sites for hydroxylation is 2. The van der Waals surface area contributed by atoms with Gasteiger partial charge in [-0.25, -0.2) is 8.42 Å². The maximum Gasteiger partial charge on any atom is 0.248 e. The molecule has 0 bridgehead atoms. The molecule has 0 unspecified atom stereocenters. The molecule has 0 aliphatic heterocycles. The van der Waals surface area contributed by atoms with Gasteiger partial charge in [0.25, 0.3) is 0 Å². The fraction of sp³-hybridized carbons (Fsp3) is 0.316. The second-order valence-electron chi connectivity index (χ2n) is 6.32. The van der Waals surface area contributed by atoms with Crippen molar-refractivity contribution in [3.05, 3.63) is 58.1 Å². The zero-order valence-corrected chi connectivity index (χ0v) is 17.7. The molecule has 0 aliphatic carbocycles. The molecule has 0 radical (unpaired) electrons. The lowest BCUT2D eigenvalue weighted by atomic mass is 10.1. The van der Waals surface area contributed by atoms with Crippen molar-refractivity contribution in [2.24, 2.45) is 0 Å². The zero-order valence-electron chi connectivity index (χ0n) is 15.3. The Hall–Kier alpha value is -1.86. The second kappa shape index (κ2) is 8.22. The van der Waals surface area contributed by atoms with E-state index >= 15 is 0 Å². The van der Waals surface area contributed by atoms with Gasteiger partial charge in [-0.1, -0.05) is 28.9 Å². The van der Waals surface area contributed by atoms with Crippen LogP contribution in [0.2, 0.25) is 0 Å². The predicted molar refractivity (Wildman–Crippen MR) is 110 cm³/mol. The van der Waals surface area contributed by atoms with Crippen molar-refractivity contribution in [2.75, 3.05) is 15.9 Å². The lowest BCUT2D eigenvalue weighted by Crippen LogP contribution is -2.47. The molecule has 0 aliphatic rings. The summed E-state index contributed by atoms with van der Waals surface area (Å²) >= 11 is 3.35. The summed E-state index contributed by atoms with van der Waals surface area (Å²) in [6.45, 7) is 5.60. The minimum absolute atomic E-state index is 0.350. The molecule has 1 amide bonds. The number of carbonyl (C=O) groups is 1. The molecule has 7 heteroatoms. The van der Waals surface area contributed by atoms with E-state index < -0.39 is 16.1 Å². The third kappa shape index (κ3) is 5.08. The fourth-order valence-electron chi connectivity index (χ4n) is 2.90. The van der Waals surface area contributed by atoms with Gasteiger partial charge in [0.05, 0.1) is 11.9 Å². The number of nitrogens with one attached hydrogen (secondary N) is 1. The number of nitrogens with zero attached hydrogens (tertiary/aromatic N) is 1. The number of hydrogen-bond acceptors (Lipinski definition) is 3. The number of rotatable bonds is 6. The average Bonchev–Trinajstić information content (AvgIpc) is 2.52. The van der Waals surface area contributed by atoms with E-state index in [4.69, 9.17) is 0 Å². The summed E-state index contributed by atoms with van der Waals surface area (Å²) in [4.78, 5) is 12.8. The van der Waals surface area contributed by atoms with E-state index in [1.165, 1.54) is 4.31 Å². The first kappa shape index (κ1) is 20.5. The number of anilines is 2. The van der Waals surface area contributed by atoms with Crippen LogP contribution in [-0.4, -0.2) is 26.6 Å². The van der Waals surface area contributed by atoms with Crippen LogP contribution in [0.25, 0.3) is 0 Å². The predicted octanol–water partition coefficient (Wildman–Crippen LogP) is 4.25. The molecule has 2 rings (SSSR count). The van der Waals surface area contributed by atoms with Gasteiger partial charge in [-0.3, -0.25) is 9.10 Å². The van der Waals surface area contributed by atoms with Crippen molar-refractivity contribution in [1.29, 1.82) is 0 Å². The van der Waals surface area contributed by atoms with Crippen LogP contribution in [0.3, 0.4) is 0 Å². The zero-order chi connectivity index (χ0) is 19.5. The van der Waals surface area contributed by atoms with Gasteiger partial charge in [0, 0.05) is 10.2 Å². The number of benzene rings is 2. The number of amides is 1. The van der Waals surface area contributed by atoms with Crippen LogP contribution in [0.4, 0.5) is 11.4 Å². The van der Waals surface area contributed by atoms with Crippen LogP contribution in [0.5, 0.6) is 0 Å². The molecule has 0 heterocycles. The highest BCUT2D eigenvalue weighted by Crippen LogP contribution is 2.26. The summed E-state index contributed by atoms with van der Waals surface area (Å²) in [5.74, 6) is -0.362. The molecule has 26 heavy (non-hydrogen) atoms. The SMILES string of the molecule is CC[C@H](C(=O)Nc1ccc(Br)cc1)N(c1cc(C)cc(C)c1)S(C)(=O)=O. The lowest BCUT2D eigenvalue weighted by Gasteiger charge is -2.30. The maximum atomic E-state index is 12.8. The molecule has 2 aromatic carbocycles. The second-order valence-corrected chi connectivity index (χ2v) is 9.10. The van der Waals surface area contributed by atoms with E-state index in [-0.39, 0.29) is 5.91 Å². The van der Waals surface area contributed by atoms with Crippen LogP contribution in [0.1, 0.15) is 24.5 Å². The molecule has 0 saturated heterocycles. The van der Waals surface area contributed by atoms with Gasteiger partial charge in [0.15, 0.2) is 0 Å². The highest BCUT2D eigenvalue weighted by Gasteiger charge is 2.31. The molecule has 0 saturated carbocycles. The number of sulfonamides is 1. The quantitative estimate of drug-likeness (QED) is 0.732. The maximum absolute atomic E-state index is 12.8. The summed E-state index contributed by atoms with van der Waals surface area (Å²) in [7, 11) is -3.64. The Bertz CT molecular complexity index is 875. The average molecular weight is 439 g/mol. The van der Waals surface area contributed by atoms with Crippen molar-refractivity contribution >= 4 is 43.2 Å². The smallest absolute Gasteiger partial charge is 0.248 e. The first-order valence-electron chi connectivity index (χ1n) is 8.26. The van der Waals surface area contributed by atoms with Gasteiger partial charge in [-0.15, -0.1) is 0 Å². The molecule has 0 spiro atoms. The summed E-state index contributed by atoms with van der Waals surface area (Å²) in [6, 6.07) is 11.8. The Kier molecular flexibility index (Phi) is 6.47. The van der Waals surface area contributed by atoms with Crippen LogP contribution >= 0.6 is 15.9 Å². The monoisotopic (exact) mass is 438 g/mol. The largest absolute Gasteiger partial charge is 0.324 e. The van der Waals surface area contributed by atoms with Gasteiger partial charge in [0.2, 0.25) is 15.9 Å². The Balaban J connectivity index is 2.40. The van der Waals surface area contributed by atoms with Crippen LogP contribution in [0.15, 0.2) is 46.9 Å². The van der Waals surface area contributed by atoms with Crippen molar-refractivity contribution in [3.8, 4) is 0 Å². The minimum atomic E-state index is -3.64. The number of halogens is 1. The molecule has 140 valence electrons. The van der Waals surface area contributed by atoms with Crippen LogP contribution < -0.4 is 9.62 Å². The van der Waals surface area contributed by atoms with E-state index in [0.29, 0.717) is 17.8 Å². The molecule has 5 nitrogen and oxygen atoms in total. The van der Waals surface area contributed by atoms with E-state index in [0.717, 1.165) is 21.9 Å². The summed E-state index contributed by atoms with van der Waals surface area (Å²) < 4.78 is 27.1. The van der Waals surface area contributed by atoms with Gasteiger partial charge < -0.3 is 5.32 Å². The fourth-order valence-corrected chi connectivity index (χ4v) is 4.36. The van der Waals surface area contributed by atoms with E-state index in [1.54, 1.807) is 31.2 Å². The van der Waals surface area contributed by atoms with Crippen molar-refractivity contribution in [1.82, 2.24) is 0 Å². The molecule has 0 aromatic heterocycles. The Labute approximate surface area is 163 Å². The van der Waals surface area contributed by atoms with Gasteiger partial charge in [0.1, 0.15) is 6.04 Å². The van der Waals surface area contributed by atoms with E-state index in [9.17, 15) is 13.2 Å². The highest BCUT2D eigenvalue weighted by atomic mass is 79.9. The standard InChI is InChI=1S/C19H23BrN2O3S/c1-5-18(19(23)21-16-8-6-15(20)7-9-16)22(26(4,24)25)17-11-13(2)10-14(3)12-17/h6-12,18H,5H2,1-4H3,(H,21,23)/t18-/m1/s1. The minimum Gasteiger partial charge on any atom is -0.324 e. The Morgan fingerprint density at radius 3 is 2.12 bits per heavy atom. The first-order valence-corrected chi connectivity index (χ1v) is 10.9. The molecule has 2 aromatic rings. The number of hydrogen-bond donors (Lipinski definition) is 1. The van der Waals surface area contributed by atoms with E-state index in [2.05, 4.69) is 21.2 Å². The van der Waals surface area contributed by atoms with Crippen LogP contribution in [0, 0.1) is 13.8 Å². The summed E-state index contributed by atoms with van der Waals surface area (Å²) in [5, 5.41) is 2.81. The topological polar surface area (TPSA) is 66.5 Å². The van der Waals surface area contributed by atoms with E-state index in [1.807, 2.05) is 32.0 Å². The molecule has 0 fully saturated rings. The first-order chi connectivity index (χ1) is 12.1. The molecule has 1 N–H and O–H groups in total. The van der Waals surface area contributed by atoms with Crippen LogP contribution in [-0.2, 0) is 14.8 Å². The van der Waals surface area contributed by atoms with Crippen molar-refractivity contribution in [2.45, 2.75) is 33.2 Å². The Morgan fingerprint density at radius 1 is 1.12 bits per heavy atom. The Morgan fingerprint density at radius 2 is 1.65 bits per heavy atom. The summed E-state index contributed by atoms with van der Waals surface area (Å²) in [5.41, 5.74) is 3.00. The molecule has 1 atom stereocenters. The van der Waals surface area contributed by atoms with Crippen molar-refractivity contribution < 1.29 is 13.2 Å². The van der Waals surface area contributed by atoms with Gasteiger partial charge >= 0.3 is 0 Å². The van der Waals surface area contributed by atoms with Crippen molar-refractivity contribution in [3.63, 3.8) is 0 Å². The third-order valence-electron chi connectivity index (χ3n) is 3.90. The molecular formula is C19H23BrN2O3S. The normalized spacial score (nSPS) is 12.5. The van der Waals surface area contributed by atoms with Gasteiger partial charge in [-0.2, -0.15) is 0 Å². The molecular weight excluding hydrogens is 416 g/mol. The number of carbonyl (C=O) groups excluding carboxylic acids is 1. The summed E-state index contributed by atoms with van der Waals surface area (Å²) in [6.07, 6.45) is 1.47. The van der Waals surface area contributed by atoms with Gasteiger partial charge in [-0.05, 0) is 67.8 Å². The highest BCUT2D eigenvalue weighted by molar-refractivity contribution is 9.10.